The predicted octanol–water partition coefficient (Wildman–Crippen LogP) is 3.49. The fourth-order valence-electron chi connectivity index (χ4n) is 2.38. The minimum absolute atomic E-state index is 0.219. The van der Waals surface area contributed by atoms with Crippen LogP contribution in [0.4, 0.5) is 0 Å². The topological polar surface area (TPSA) is 35.4 Å². The highest BCUT2D eigenvalue weighted by atomic mass is 32.2. The monoisotopic (exact) mass is 241 g/mol. The highest BCUT2D eigenvalue weighted by Gasteiger charge is 2.44. The summed E-state index contributed by atoms with van der Waals surface area (Å²) in [6.45, 7) is 5.92. The molecular weight excluding hydrogens is 218 g/mol. The van der Waals surface area contributed by atoms with E-state index in [1.807, 2.05) is 27.0 Å². The SMILES string of the molecule is CC(C)(C)[S+]([O-])N=CC1CCC2(CC1)CC2. The van der Waals surface area contributed by atoms with Crippen molar-refractivity contribution in [3.05, 3.63) is 0 Å². The van der Waals surface area contributed by atoms with Gasteiger partial charge in [-0.05, 0) is 70.6 Å². The van der Waals surface area contributed by atoms with Crippen molar-refractivity contribution >= 4 is 17.6 Å². The van der Waals surface area contributed by atoms with Crippen LogP contribution in [-0.4, -0.2) is 15.5 Å². The first-order valence-corrected chi connectivity index (χ1v) is 7.48. The van der Waals surface area contributed by atoms with Crippen molar-refractivity contribution in [2.75, 3.05) is 0 Å². The van der Waals surface area contributed by atoms with Gasteiger partial charge < -0.3 is 4.55 Å². The molecule has 1 unspecified atom stereocenters. The summed E-state index contributed by atoms with van der Waals surface area (Å²) < 4.78 is 15.8. The van der Waals surface area contributed by atoms with E-state index < -0.39 is 11.4 Å². The van der Waals surface area contributed by atoms with Crippen LogP contribution in [0.25, 0.3) is 0 Å². The molecule has 1 spiro atoms. The third kappa shape index (κ3) is 3.01. The van der Waals surface area contributed by atoms with E-state index in [0.29, 0.717) is 5.92 Å². The molecule has 0 aromatic rings. The lowest BCUT2D eigenvalue weighted by Crippen LogP contribution is -2.26. The van der Waals surface area contributed by atoms with E-state index in [2.05, 4.69) is 4.40 Å². The van der Waals surface area contributed by atoms with Gasteiger partial charge in [-0.2, -0.15) is 0 Å². The number of nitrogens with zero attached hydrogens (tertiary/aromatic N) is 1. The Morgan fingerprint density at radius 3 is 2.19 bits per heavy atom. The third-order valence-electron chi connectivity index (χ3n) is 3.94. The molecule has 0 aliphatic heterocycles. The smallest absolute Gasteiger partial charge is 0.144 e. The first-order chi connectivity index (χ1) is 7.41. The molecule has 1 atom stereocenters. The van der Waals surface area contributed by atoms with Crippen LogP contribution < -0.4 is 0 Å². The second-order valence-electron chi connectivity index (χ2n) is 6.45. The Labute approximate surface area is 102 Å². The molecule has 0 saturated heterocycles. The van der Waals surface area contributed by atoms with Crippen molar-refractivity contribution in [1.29, 1.82) is 0 Å². The molecule has 2 aliphatic carbocycles. The van der Waals surface area contributed by atoms with Gasteiger partial charge in [0.05, 0.1) is 6.21 Å². The maximum Gasteiger partial charge on any atom is 0.144 e. The van der Waals surface area contributed by atoms with E-state index in [1.54, 1.807) is 0 Å². The molecule has 0 heterocycles. The van der Waals surface area contributed by atoms with Gasteiger partial charge in [-0.15, -0.1) is 0 Å². The summed E-state index contributed by atoms with van der Waals surface area (Å²) in [5, 5.41) is 0. The van der Waals surface area contributed by atoms with Gasteiger partial charge >= 0.3 is 0 Å². The molecule has 2 saturated carbocycles. The average molecular weight is 241 g/mol. The zero-order valence-electron chi connectivity index (χ0n) is 10.7. The standard InChI is InChI=1S/C13H23NOS/c1-12(2,3)16(15)14-10-11-4-6-13(7-5-11)8-9-13/h10-11H,4-9H2,1-3H3. The van der Waals surface area contributed by atoms with Gasteiger partial charge in [0.15, 0.2) is 0 Å². The van der Waals surface area contributed by atoms with E-state index >= 15 is 0 Å². The second kappa shape index (κ2) is 4.34. The van der Waals surface area contributed by atoms with Gasteiger partial charge in [0, 0.05) is 0 Å². The molecule has 0 bridgehead atoms. The maximum absolute atomic E-state index is 11.8. The van der Waals surface area contributed by atoms with Crippen LogP contribution in [0.3, 0.4) is 0 Å². The summed E-state index contributed by atoms with van der Waals surface area (Å²) in [5.41, 5.74) is 0.744. The molecule has 0 radical (unpaired) electrons. The minimum atomic E-state index is -1.07. The molecule has 0 N–H and O–H groups in total. The minimum Gasteiger partial charge on any atom is -0.591 e. The summed E-state index contributed by atoms with van der Waals surface area (Å²) in [4.78, 5) is 0. The van der Waals surface area contributed by atoms with E-state index in [-0.39, 0.29) is 4.75 Å². The summed E-state index contributed by atoms with van der Waals surface area (Å²) in [7, 11) is 0. The molecule has 2 rings (SSSR count). The lowest BCUT2D eigenvalue weighted by molar-refractivity contribution is 0.305. The van der Waals surface area contributed by atoms with Crippen LogP contribution in [0, 0.1) is 11.3 Å². The molecule has 16 heavy (non-hydrogen) atoms. The van der Waals surface area contributed by atoms with E-state index in [0.717, 1.165) is 5.41 Å². The lowest BCUT2D eigenvalue weighted by atomic mass is 9.80. The van der Waals surface area contributed by atoms with Crippen molar-refractivity contribution in [3.8, 4) is 0 Å². The molecule has 92 valence electrons. The molecule has 2 nitrogen and oxygen atoms in total. The Bertz CT molecular complexity index is 268. The van der Waals surface area contributed by atoms with Crippen molar-refractivity contribution in [2.45, 2.75) is 64.0 Å². The summed E-state index contributed by atoms with van der Waals surface area (Å²) in [6.07, 6.45) is 10.1. The van der Waals surface area contributed by atoms with E-state index in [4.69, 9.17) is 0 Å². The summed E-state index contributed by atoms with van der Waals surface area (Å²) in [5.74, 6) is 0.581. The van der Waals surface area contributed by atoms with E-state index in [9.17, 15) is 4.55 Å². The van der Waals surface area contributed by atoms with Crippen LogP contribution in [0.2, 0.25) is 0 Å². The zero-order chi connectivity index (χ0) is 11.8. The Morgan fingerprint density at radius 2 is 1.75 bits per heavy atom. The number of hydrogen-bond donors (Lipinski definition) is 0. The maximum atomic E-state index is 11.8. The molecule has 0 aromatic heterocycles. The molecule has 0 aromatic carbocycles. The Morgan fingerprint density at radius 1 is 1.19 bits per heavy atom. The second-order valence-corrected chi connectivity index (χ2v) is 8.39. The molecular formula is C13H23NOS. The largest absolute Gasteiger partial charge is 0.591 e. The van der Waals surface area contributed by atoms with Gasteiger partial charge in [-0.25, -0.2) is 0 Å². The summed E-state index contributed by atoms with van der Waals surface area (Å²) in [6, 6.07) is 0. The Kier molecular flexibility index (Phi) is 3.37. The fraction of sp³-hybridized carbons (Fsp3) is 0.923. The quantitative estimate of drug-likeness (QED) is 0.538. The van der Waals surface area contributed by atoms with Crippen LogP contribution in [0.1, 0.15) is 59.3 Å². The Hall–Kier alpha value is -0.0200. The zero-order valence-corrected chi connectivity index (χ0v) is 11.5. The molecule has 2 aliphatic rings. The van der Waals surface area contributed by atoms with Gasteiger partial charge in [-0.3, -0.25) is 0 Å². The lowest BCUT2D eigenvalue weighted by Gasteiger charge is -2.26. The van der Waals surface area contributed by atoms with Gasteiger partial charge in [0.2, 0.25) is 0 Å². The summed E-state index contributed by atoms with van der Waals surface area (Å²) >= 11 is -1.07. The van der Waals surface area contributed by atoms with Crippen molar-refractivity contribution in [1.82, 2.24) is 0 Å². The highest BCUT2D eigenvalue weighted by Crippen LogP contribution is 2.56. The average Bonchev–Trinajstić information content (AvgIpc) is 2.96. The van der Waals surface area contributed by atoms with Crippen LogP contribution in [0.5, 0.6) is 0 Å². The Balaban J connectivity index is 1.79. The predicted molar refractivity (Wildman–Crippen MR) is 70.0 cm³/mol. The van der Waals surface area contributed by atoms with Crippen molar-refractivity contribution < 1.29 is 4.55 Å². The third-order valence-corrected chi connectivity index (χ3v) is 5.30. The van der Waals surface area contributed by atoms with Gasteiger partial charge in [-0.1, -0.05) is 4.40 Å². The first-order valence-electron chi connectivity index (χ1n) is 6.38. The molecule has 3 heteroatoms. The normalized spacial score (nSPS) is 27.5. The van der Waals surface area contributed by atoms with Gasteiger partial charge in [0.25, 0.3) is 0 Å². The highest BCUT2D eigenvalue weighted by molar-refractivity contribution is 7.91. The van der Waals surface area contributed by atoms with Gasteiger partial charge in [0.1, 0.15) is 16.1 Å². The first kappa shape index (κ1) is 12.4. The fourth-order valence-corrected chi connectivity index (χ4v) is 2.98. The van der Waals surface area contributed by atoms with Crippen LogP contribution >= 0.6 is 0 Å². The van der Waals surface area contributed by atoms with Crippen molar-refractivity contribution in [2.24, 2.45) is 15.7 Å². The molecule has 0 amide bonds. The van der Waals surface area contributed by atoms with E-state index in [1.165, 1.54) is 38.5 Å². The number of rotatable bonds is 2. The molecule has 2 fully saturated rings. The van der Waals surface area contributed by atoms with Crippen molar-refractivity contribution in [3.63, 3.8) is 0 Å². The van der Waals surface area contributed by atoms with Crippen LogP contribution in [-0.2, 0) is 11.4 Å². The van der Waals surface area contributed by atoms with Crippen LogP contribution in [0.15, 0.2) is 4.40 Å². The number of hydrogen-bond acceptors (Lipinski definition) is 2.